The Hall–Kier alpha value is -3.13. The predicted molar refractivity (Wildman–Crippen MR) is 139 cm³/mol. The largest absolute Gasteiger partial charge is 0.493 e. The summed E-state index contributed by atoms with van der Waals surface area (Å²) < 4.78 is 5.41. The van der Waals surface area contributed by atoms with Crippen molar-refractivity contribution in [1.29, 1.82) is 0 Å². The number of aliphatic carboxylic acids is 1. The van der Waals surface area contributed by atoms with Crippen molar-refractivity contribution in [1.82, 2.24) is 15.2 Å². The quantitative estimate of drug-likeness (QED) is 0.456. The standard InChI is InChI=1S/C16H25N3.C12H13NO4/c1-2-11-19(12-3-1)13-5-7-15-9-8-14-6-4-10-17-16(14)18-15;14-7-13-10(6-12(15)16)9-2-1-8-3-4-17-11(8)5-9/h8-9H,1-7,10-13H2,(H,17,18);1-2,5,7,10H,3-4,6H2,(H,13,14)(H,15,16). The molecule has 1 aromatic carbocycles. The minimum Gasteiger partial charge on any atom is -0.493 e. The van der Waals surface area contributed by atoms with E-state index in [1.807, 2.05) is 12.1 Å². The monoisotopic (exact) mass is 494 g/mol. The Morgan fingerprint density at radius 1 is 1.14 bits per heavy atom. The summed E-state index contributed by atoms with van der Waals surface area (Å²) in [6.07, 6.45) is 10.2. The van der Waals surface area contributed by atoms with Gasteiger partial charge in [0.25, 0.3) is 0 Å². The number of nitrogens with one attached hydrogen (secondary N) is 2. The van der Waals surface area contributed by atoms with Gasteiger partial charge in [-0.2, -0.15) is 0 Å². The van der Waals surface area contributed by atoms with Gasteiger partial charge in [0.15, 0.2) is 0 Å². The Morgan fingerprint density at radius 2 is 1.97 bits per heavy atom. The summed E-state index contributed by atoms with van der Waals surface area (Å²) in [7, 11) is 0. The van der Waals surface area contributed by atoms with Gasteiger partial charge in [0.1, 0.15) is 11.6 Å². The zero-order valence-electron chi connectivity index (χ0n) is 21.0. The van der Waals surface area contributed by atoms with E-state index in [9.17, 15) is 9.59 Å². The molecule has 1 saturated heterocycles. The van der Waals surface area contributed by atoms with Crippen LogP contribution in [-0.2, 0) is 28.9 Å². The summed E-state index contributed by atoms with van der Waals surface area (Å²) in [5, 5.41) is 14.7. The van der Waals surface area contributed by atoms with Crippen LogP contribution in [0.4, 0.5) is 5.82 Å². The Labute approximate surface area is 213 Å². The van der Waals surface area contributed by atoms with Crippen molar-refractivity contribution in [3.63, 3.8) is 0 Å². The van der Waals surface area contributed by atoms with Gasteiger partial charge in [-0.3, -0.25) is 9.59 Å². The number of aryl methyl sites for hydroxylation is 2. The van der Waals surface area contributed by atoms with Crippen LogP contribution in [-0.4, -0.2) is 60.2 Å². The Morgan fingerprint density at radius 3 is 2.78 bits per heavy atom. The Balaban J connectivity index is 0.000000170. The number of fused-ring (bicyclic) bond motifs is 2. The first kappa shape index (κ1) is 25.9. The molecule has 3 aliphatic heterocycles. The number of pyridine rings is 1. The summed E-state index contributed by atoms with van der Waals surface area (Å²) in [5.41, 5.74) is 4.52. The summed E-state index contributed by atoms with van der Waals surface area (Å²) in [5.74, 6) is 0.970. The second kappa shape index (κ2) is 13.3. The third-order valence-corrected chi connectivity index (χ3v) is 7.08. The molecule has 0 aliphatic carbocycles. The molecule has 194 valence electrons. The van der Waals surface area contributed by atoms with Crippen LogP contribution in [0.1, 0.15) is 67.0 Å². The number of anilines is 1. The first-order valence-corrected chi connectivity index (χ1v) is 13.2. The lowest BCUT2D eigenvalue weighted by Crippen LogP contribution is -2.30. The maximum absolute atomic E-state index is 10.7. The SMILES string of the molecule is O=CNC(CC(=O)O)c1ccc2c(c1)OCC2.c1cc2c(nc1CCCN1CCCCC1)NCCC2. The molecule has 3 aliphatic rings. The Bertz CT molecular complexity index is 1020. The molecule has 8 nitrogen and oxygen atoms in total. The molecule has 36 heavy (non-hydrogen) atoms. The smallest absolute Gasteiger partial charge is 0.305 e. The zero-order valence-corrected chi connectivity index (χ0v) is 21.0. The van der Waals surface area contributed by atoms with Gasteiger partial charge in [0.2, 0.25) is 6.41 Å². The number of carbonyl (C=O) groups excluding carboxylic acids is 1. The predicted octanol–water partition coefficient (Wildman–Crippen LogP) is 3.74. The molecule has 1 aromatic heterocycles. The average Bonchev–Trinajstić information content (AvgIpc) is 3.37. The molecule has 0 bridgehead atoms. The molecule has 3 N–H and O–H groups in total. The van der Waals surface area contributed by atoms with Crippen LogP contribution in [0.3, 0.4) is 0 Å². The highest BCUT2D eigenvalue weighted by Crippen LogP contribution is 2.29. The fraction of sp³-hybridized carbons (Fsp3) is 0.536. The molecule has 2 aromatic rings. The van der Waals surface area contributed by atoms with Crippen molar-refractivity contribution in [2.75, 3.05) is 38.1 Å². The van der Waals surface area contributed by atoms with Crippen LogP contribution < -0.4 is 15.4 Å². The summed E-state index contributed by atoms with van der Waals surface area (Å²) >= 11 is 0. The molecular weight excluding hydrogens is 456 g/mol. The lowest BCUT2D eigenvalue weighted by molar-refractivity contribution is -0.137. The van der Waals surface area contributed by atoms with Crippen molar-refractivity contribution in [2.45, 2.75) is 63.8 Å². The minimum absolute atomic E-state index is 0.141. The summed E-state index contributed by atoms with van der Waals surface area (Å²) in [4.78, 5) is 28.6. The van der Waals surface area contributed by atoms with E-state index in [0.717, 1.165) is 42.1 Å². The van der Waals surface area contributed by atoms with Crippen molar-refractivity contribution in [3.8, 4) is 5.75 Å². The number of carbonyl (C=O) groups is 2. The van der Waals surface area contributed by atoms with E-state index < -0.39 is 12.0 Å². The van der Waals surface area contributed by atoms with Gasteiger partial charge in [0.05, 0.1) is 19.1 Å². The highest BCUT2D eigenvalue weighted by molar-refractivity contribution is 5.68. The van der Waals surface area contributed by atoms with Crippen LogP contribution in [0.5, 0.6) is 5.75 Å². The summed E-state index contributed by atoms with van der Waals surface area (Å²) in [6, 6.07) is 9.52. The molecule has 1 fully saturated rings. The van der Waals surface area contributed by atoms with Crippen LogP contribution in [0.15, 0.2) is 30.3 Å². The number of carboxylic acids is 1. The van der Waals surface area contributed by atoms with Crippen molar-refractivity contribution in [2.24, 2.45) is 0 Å². The second-order valence-electron chi connectivity index (χ2n) is 9.75. The molecule has 8 heteroatoms. The summed E-state index contributed by atoms with van der Waals surface area (Å²) in [6.45, 7) is 5.59. The first-order valence-electron chi connectivity index (χ1n) is 13.2. The number of nitrogens with zero attached hydrogens (tertiary/aromatic N) is 2. The number of benzene rings is 1. The van der Waals surface area contributed by atoms with E-state index in [2.05, 4.69) is 27.7 Å². The third-order valence-electron chi connectivity index (χ3n) is 7.08. The highest BCUT2D eigenvalue weighted by Gasteiger charge is 2.19. The van der Waals surface area contributed by atoms with Crippen molar-refractivity contribution >= 4 is 18.2 Å². The van der Waals surface area contributed by atoms with E-state index in [-0.39, 0.29) is 6.42 Å². The second-order valence-corrected chi connectivity index (χ2v) is 9.75. The van der Waals surface area contributed by atoms with Crippen LogP contribution in [0.25, 0.3) is 0 Å². The van der Waals surface area contributed by atoms with E-state index in [4.69, 9.17) is 14.8 Å². The molecule has 1 unspecified atom stereocenters. The molecule has 0 saturated carbocycles. The van der Waals surface area contributed by atoms with E-state index in [0.29, 0.717) is 13.0 Å². The van der Waals surface area contributed by atoms with Crippen molar-refractivity contribution in [3.05, 3.63) is 52.7 Å². The normalized spacial score (nSPS) is 17.3. The lowest BCUT2D eigenvalue weighted by Gasteiger charge is -2.26. The topological polar surface area (TPSA) is 104 Å². The van der Waals surface area contributed by atoms with E-state index >= 15 is 0 Å². The fourth-order valence-corrected chi connectivity index (χ4v) is 5.10. The average molecular weight is 495 g/mol. The fourth-order valence-electron chi connectivity index (χ4n) is 5.10. The number of aromatic nitrogens is 1. The van der Waals surface area contributed by atoms with Gasteiger partial charge in [-0.15, -0.1) is 0 Å². The number of likely N-dealkylation sites (tertiary alicyclic amines) is 1. The number of carboxylic acid groups (broad SMARTS) is 1. The molecule has 4 heterocycles. The number of hydrogen-bond donors (Lipinski definition) is 3. The minimum atomic E-state index is -0.953. The van der Waals surface area contributed by atoms with E-state index in [1.165, 1.54) is 69.4 Å². The van der Waals surface area contributed by atoms with Gasteiger partial charge >= 0.3 is 5.97 Å². The number of rotatable bonds is 9. The number of hydrogen-bond acceptors (Lipinski definition) is 6. The molecular formula is C28H38N4O4. The van der Waals surface area contributed by atoms with Crippen molar-refractivity contribution < 1.29 is 19.4 Å². The molecule has 1 atom stereocenters. The van der Waals surface area contributed by atoms with Gasteiger partial charge in [-0.1, -0.05) is 24.6 Å². The molecule has 0 radical (unpaired) electrons. The number of ether oxygens (including phenoxy) is 1. The third kappa shape index (κ3) is 7.43. The van der Waals surface area contributed by atoms with Gasteiger partial charge in [-0.05, 0) is 87.0 Å². The maximum atomic E-state index is 10.7. The van der Waals surface area contributed by atoms with Gasteiger partial charge < -0.3 is 25.4 Å². The van der Waals surface area contributed by atoms with Crippen LogP contribution in [0, 0.1) is 0 Å². The van der Waals surface area contributed by atoms with Gasteiger partial charge in [-0.25, -0.2) is 4.98 Å². The highest BCUT2D eigenvalue weighted by atomic mass is 16.5. The van der Waals surface area contributed by atoms with E-state index in [1.54, 1.807) is 6.07 Å². The number of amides is 1. The van der Waals surface area contributed by atoms with Crippen LogP contribution in [0.2, 0.25) is 0 Å². The first-order chi connectivity index (χ1) is 17.6. The van der Waals surface area contributed by atoms with Crippen LogP contribution >= 0.6 is 0 Å². The molecule has 5 rings (SSSR count). The zero-order chi connectivity index (χ0) is 25.2. The lowest BCUT2D eigenvalue weighted by atomic mass is 10.0. The Kier molecular flexibility index (Phi) is 9.55. The molecule has 1 amide bonds. The van der Waals surface area contributed by atoms with Gasteiger partial charge in [0, 0.05) is 18.7 Å². The maximum Gasteiger partial charge on any atom is 0.305 e. The molecule has 0 spiro atoms. The number of piperidine rings is 1.